The third kappa shape index (κ3) is 27.5. The summed E-state index contributed by atoms with van der Waals surface area (Å²) in [6, 6.07) is -8.03. The number of rotatable bonds is 37. The largest absolute Gasteiger partial charge is 0.508 e. The van der Waals surface area contributed by atoms with Crippen LogP contribution in [0.1, 0.15) is 90.5 Å². The Labute approximate surface area is 444 Å². The highest BCUT2D eigenvalue weighted by Crippen LogP contribution is 2.13. The number of primary amides is 1. The van der Waals surface area contributed by atoms with Gasteiger partial charge < -0.3 is 90.0 Å². The lowest BCUT2D eigenvalue weighted by atomic mass is 10.0. The van der Waals surface area contributed by atoms with Gasteiger partial charge in [-0.3, -0.25) is 71.9 Å². The number of nitrogens with one attached hydrogen (secondary N) is 9. The van der Waals surface area contributed by atoms with Crippen LogP contribution < -0.4 is 59.3 Å². The number of nitrogens with two attached hydrogens (primary N) is 2. The number of amides is 10. The van der Waals surface area contributed by atoms with Crippen molar-refractivity contribution in [1.29, 1.82) is 0 Å². The summed E-state index contributed by atoms with van der Waals surface area (Å²) in [6.07, 6.45) is -6.47. The Morgan fingerprint density at radius 1 is 0.449 bits per heavy atom. The molecule has 0 spiro atoms. The highest BCUT2D eigenvalue weighted by molar-refractivity contribution is 5.99. The molecule has 0 aromatic heterocycles. The molecule has 432 valence electrons. The number of hydrogen-bond donors (Lipinski definition) is 17. The fraction of sp³-hybridized carbons (Fsp3) is 0.543. The highest BCUT2D eigenvalue weighted by atomic mass is 16.4. The van der Waals surface area contributed by atoms with Crippen molar-refractivity contribution in [3.63, 3.8) is 0 Å². The first-order chi connectivity index (χ1) is 36.4. The Kier molecular flexibility index (Phi) is 29.1. The van der Waals surface area contributed by atoms with E-state index in [4.69, 9.17) is 16.6 Å². The summed E-state index contributed by atoms with van der Waals surface area (Å²) in [7, 11) is 0. The third-order valence-electron chi connectivity index (χ3n) is 10.8. The number of phenols is 1. The van der Waals surface area contributed by atoms with Gasteiger partial charge in [-0.25, -0.2) is 0 Å². The quantitative estimate of drug-likeness (QED) is 0.0295. The number of phenolic OH excluding ortho intramolecular Hbond substituents is 1. The van der Waals surface area contributed by atoms with Gasteiger partial charge in [0.15, 0.2) is 0 Å². The normalized spacial score (nSPS) is 13.9. The van der Waals surface area contributed by atoms with Gasteiger partial charge in [0, 0.05) is 32.1 Å². The first-order valence-electron chi connectivity index (χ1n) is 24.0. The van der Waals surface area contributed by atoms with Crippen LogP contribution in [0.2, 0.25) is 0 Å². The Balaban J connectivity index is 3.27. The lowest BCUT2D eigenvalue weighted by Gasteiger charge is -2.26. The van der Waals surface area contributed by atoms with Gasteiger partial charge in [-0.1, -0.05) is 26.0 Å². The van der Waals surface area contributed by atoms with Crippen molar-refractivity contribution in [2.75, 3.05) is 13.1 Å². The molecule has 1 aromatic rings. The third-order valence-corrected chi connectivity index (χ3v) is 10.8. The number of carbonyl (C=O) groups excluding carboxylic acids is 10. The minimum atomic E-state index is -2.07. The van der Waals surface area contributed by atoms with Crippen LogP contribution >= 0.6 is 0 Å². The van der Waals surface area contributed by atoms with Crippen molar-refractivity contribution < 1.29 is 103 Å². The molecule has 0 saturated carbocycles. The van der Waals surface area contributed by atoms with Crippen LogP contribution in [0.25, 0.3) is 0 Å². The van der Waals surface area contributed by atoms with Crippen LogP contribution in [-0.2, 0) is 78.3 Å². The van der Waals surface area contributed by atoms with Crippen molar-refractivity contribution in [2.45, 2.75) is 140 Å². The summed E-state index contributed by atoms with van der Waals surface area (Å²) >= 11 is 0. The van der Waals surface area contributed by atoms with E-state index in [1.165, 1.54) is 24.3 Å². The lowest BCUT2D eigenvalue weighted by Crippen LogP contribution is -2.59. The van der Waals surface area contributed by atoms with E-state index in [1.54, 1.807) is 13.8 Å². The highest BCUT2D eigenvalue weighted by Gasteiger charge is 2.35. The number of aromatic hydroxyl groups is 1. The molecule has 10 amide bonds. The van der Waals surface area contributed by atoms with Crippen molar-refractivity contribution in [1.82, 2.24) is 47.9 Å². The van der Waals surface area contributed by atoms with Gasteiger partial charge in [0.1, 0.15) is 54.6 Å². The van der Waals surface area contributed by atoms with Gasteiger partial charge in [-0.2, -0.15) is 0 Å². The second-order valence-electron chi connectivity index (χ2n) is 18.0. The van der Waals surface area contributed by atoms with Crippen LogP contribution in [0, 0.1) is 5.92 Å². The van der Waals surface area contributed by atoms with Gasteiger partial charge in [-0.05, 0) is 62.6 Å². The number of carboxylic acids is 5. The van der Waals surface area contributed by atoms with Crippen LogP contribution in [0.5, 0.6) is 5.75 Å². The summed E-state index contributed by atoms with van der Waals surface area (Å²) in [5, 5.41) is 75.9. The standard InChI is InChI=1S/C46H67N11O21/c1-21(2)16-25(47)40(72)53-27(8-12-32(48)59)43(75)54-28(10-14-35(63)64)44(76)55-29(11-15-36(65)66)45(77)57-31(18-37(67)68)46(78)51-22(3)39(71)49-19-33(60)52-26(9-13-34(61)62)42(74)56-30(41(73)50-20-38(69)70)17-23-4-6-24(58)7-5-23/h4-7,21-22,25-31,58H,8-20,47H2,1-3H3,(H2,48,59)(H,49,71)(H,50,73)(H,51,78)(H,52,60)(H,53,72)(H,54,75)(H,55,76)(H,56,74)(H,57,77)(H,61,62)(H,63,64)(H,65,66)(H,67,68)(H,69,70)/t22-,25-,26-,27-,28-,29-,30-,31-/m0/s1. The first-order valence-corrected chi connectivity index (χ1v) is 24.0. The molecule has 0 aliphatic heterocycles. The molecule has 32 nitrogen and oxygen atoms in total. The molecule has 1 rings (SSSR count). The number of hydrogen-bond acceptors (Lipinski definition) is 17. The van der Waals surface area contributed by atoms with Crippen molar-refractivity contribution in [3.05, 3.63) is 29.8 Å². The second kappa shape index (κ2) is 33.8. The fourth-order valence-electron chi connectivity index (χ4n) is 6.84. The van der Waals surface area contributed by atoms with Gasteiger partial charge in [-0.15, -0.1) is 0 Å². The molecule has 8 atom stereocenters. The van der Waals surface area contributed by atoms with Gasteiger partial charge >= 0.3 is 29.8 Å². The first kappa shape index (κ1) is 67.0. The van der Waals surface area contributed by atoms with Crippen LogP contribution in [0.15, 0.2) is 24.3 Å². The van der Waals surface area contributed by atoms with Crippen LogP contribution in [0.3, 0.4) is 0 Å². The zero-order chi connectivity index (χ0) is 59.4. The topological polar surface area (TPSA) is 538 Å². The maximum atomic E-state index is 13.7. The van der Waals surface area contributed by atoms with Gasteiger partial charge in [0.25, 0.3) is 0 Å². The number of aliphatic carboxylic acids is 5. The van der Waals surface area contributed by atoms with E-state index in [1.807, 2.05) is 5.32 Å². The van der Waals surface area contributed by atoms with E-state index in [9.17, 15) is 97.5 Å². The number of carboxylic acid groups (broad SMARTS) is 5. The smallest absolute Gasteiger partial charge is 0.322 e. The van der Waals surface area contributed by atoms with E-state index in [0.29, 0.717) is 5.56 Å². The lowest BCUT2D eigenvalue weighted by molar-refractivity contribution is -0.142. The Hall–Kier alpha value is -8.97. The van der Waals surface area contributed by atoms with Crippen LogP contribution in [0.4, 0.5) is 0 Å². The molecule has 0 saturated heterocycles. The van der Waals surface area contributed by atoms with Crippen molar-refractivity contribution >= 4 is 88.9 Å². The molecule has 0 aliphatic rings. The fourth-order valence-corrected chi connectivity index (χ4v) is 6.84. The summed E-state index contributed by atoms with van der Waals surface area (Å²) in [5.74, 6) is -18.9. The maximum Gasteiger partial charge on any atom is 0.322 e. The molecule has 32 heteroatoms. The van der Waals surface area contributed by atoms with E-state index in [-0.39, 0.29) is 24.5 Å². The monoisotopic (exact) mass is 1110 g/mol. The van der Waals surface area contributed by atoms with Gasteiger partial charge in [0.05, 0.1) is 19.0 Å². The van der Waals surface area contributed by atoms with Crippen LogP contribution in [-0.4, -0.2) is 181 Å². The predicted molar refractivity (Wildman–Crippen MR) is 263 cm³/mol. The summed E-state index contributed by atoms with van der Waals surface area (Å²) < 4.78 is 0. The van der Waals surface area contributed by atoms with E-state index < -0.39 is 208 Å². The molecule has 0 aliphatic carbocycles. The molecule has 0 heterocycles. The Morgan fingerprint density at radius 3 is 1.27 bits per heavy atom. The van der Waals surface area contributed by atoms with E-state index in [2.05, 4.69) is 42.5 Å². The van der Waals surface area contributed by atoms with Crippen molar-refractivity contribution in [2.24, 2.45) is 17.4 Å². The SMILES string of the molecule is CC(C)C[C@H](N)C(=O)N[C@@H](CCC(N)=O)C(=O)N[C@@H](CCC(=O)O)C(=O)N[C@@H](CCC(=O)O)C(=O)N[C@@H](CC(=O)O)C(=O)N[C@@H](C)C(=O)NCC(=O)N[C@@H](CCC(=O)O)C(=O)N[C@@H](Cc1ccc(O)cc1)C(=O)NCC(=O)O. The molecule has 78 heavy (non-hydrogen) atoms. The molecular weight excluding hydrogens is 1040 g/mol. The maximum absolute atomic E-state index is 13.7. The van der Waals surface area contributed by atoms with Gasteiger partial charge in [0.2, 0.25) is 59.1 Å². The number of carbonyl (C=O) groups is 15. The molecule has 0 bridgehead atoms. The minimum absolute atomic E-state index is 0.0609. The second-order valence-corrected chi connectivity index (χ2v) is 18.0. The minimum Gasteiger partial charge on any atom is -0.508 e. The average molecular weight is 1110 g/mol. The molecular formula is C46H67N11O21. The average Bonchev–Trinajstić information content (AvgIpc) is 3.34. The van der Waals surface area contributed by atoms with E-state index in [0.717, 1.165) is 6.92 Å². The number of benzene rings is 1. The summed E-state index contributed by atoms with van der Waals surface area (Å²) in [4.78, 5) is 189. The molecule has 0 radical (unpaired) electrons. The molecule has 0 unspecified atom stereocenters. The summed E-state index contributed by atoms with van der Waals surface area (Å²) in [6.45, 7) is 2.77. The zero-order valence-corrected chi connectivity index (χ0v) is 42.7. The van der Waals surface area contributed by atoms with Crippen molar-refractivity contribution in [3.8, 4) is 5.75 Å². The molecule has 0 fully saturated rings. The molecule has 19 N–H and O–H groups in total. The van der Waals surface area contributed by atoms with E-state index >= 15 is 0 Å². The predicted octanol–water partition coefficient (Wildman–Crippen LogP) is -5.63. The zero-order valence-electron chi connectivity index (χ0n) is 42.7. The Bertz CT molecular complexity index is 2370. The summed E-state index contributed by atoms with van der Waals surface area (Å²) in [5.41, 5.74) is 11.5. The Morgan fingerprint density at radius 2 is 0.846 bits per heavy atom. The molecule has 1 aromatic carbocycles.